The minimum atomic E-state index is -4.91. The number of carbonyl (C=O) groups is 3. The van der Waals surface area contributed by atoms with Crippen LogP contribution in [0.4, 0.5) is 23.9 Å². The molecule has 1 aliphatic heterocycles. The van der Waals surface area contributed by atoms with Crippen molar-refractivity contribution in [3.63, 3.8) is 0 Å². The Balaban J connectivity index is 1.65. The van der Waals surface area contributed by atoms with Gasteiger partial charge in [0.1, 0.15) is 0 Å². The second kappa shape index (κ2) is 14.6. The van der Waals surface area contributed by atoms with Crippen LogP contribution in [0, 0.1) is 0 Å². The number of aromatic nitrogens is 2. The fourth-order valence-electron chi connectivity index (χ4n) is 4.84. The summed E-state index contributed by atoms with van der Waals surface area (Å²) in [6, 6.07) is 7.74. The zero-order valence-corrected chi connectivity index (χ0v) is 28.6. The van der Waals surface area contributed by atoms with Gasteiger partial charge < -0.3 is 24.7 Å². The quantitative estimate of drug-likeness (QED) is 0.154. The monoisotopic (exact) mass is 771 g/mol. The number of amides is 3. The van der Waals surface area contributed by atoms with Gasteiger partial charge in [-0.2, -0.15) is 13.2 Å². The van der Waals surface area contributed by atoms with Crippen molar-refractivity contribution in [2.45, 2.75) is 45.1 Å². The van der Waals surface area contributed by atoms with Crippen LogP contribution < -0.4 is 10.9 Å². The number of rotatable bonds is 9. The number of halogens is 4. The highest BCUT2D eigenvalue weighted by Gasteiger charge is 2.36. The largest absolute Gasteiger partial charge is 0.472 e. The molecule has 0 saturated heterocycles. The third-order valence-electron chi connectivity index (χ3n) is 7.46. The van der Waals surface area contributed by atoms with Crippen molar-refractivity contribution in [2.75, 3.05) is 19.2 Å². The van der Waals surface area contributed by atoms with Crippen molar-refractivity contribution < 1.29 is 51.2 Å². The summed E-state index contributed by atoms with van der Waals surface area (Å²) in [7, 11) is -3.83. The predicted molar refractivity (Wildman–Crippen MR) is 172 cm³/mol. The van der Waals surface area contributed by atoms with Gasteiger partial charge in [-0.05, 0) is 62.7 Å². The number of hydrogen-bond donors (Lipinski definition) is 3. The Labute approximate surface area is 285 Å². The van der Waals surface area contributed by atoms with E-state index in [1.165, 1.54) is 39.8 Å². The highest BCUT2D eigenvalue weighted by molar-refractivity contribution is 9.10. The number of imide groups is 1. The molecule has 0 aliphatic carbocycles. The molecule has 0 saturated carbocycles. The first-order valence-electron chi connectivity index (χ1n) is 14.3. The summed E-state index contributed by atoms with van der Waals surface area (Å²) in [6.45, 7) is 5.89. The van der Waals surface area contributed by atoms with Crippen molar-refractivity contribution in [3.05, 3.63) is 97.9 Å². The molecule has 3 N–H and O–H groups in total. The normalized spacial score (nSPS) is 15.2. The van der Waals surface area contributed by atoms with Gasteiger partial charge in [0.05, 0.1) is 23.5 Å². The second-order valence-electron chi connectivity index (χ2n) is 10.9. The van der Waals surface area contributed by atoms with Gasteiger partial charge in [-0.3, -0.25) is 14.4 Å². The summed E-state index contributed by atoms with van der Waals surface area (Å²) in [6.07, 6.45) is -4.34. The van der Waals surface area contributed by atoms with Gasteiger partial charge in [0, 0.05) is 40.3 Å². The van der Waals surface area contributed by atoms with E-state index in [1.54, 1.807) is 19.9 Å². The van der Waals surface area contributed by atoms with Crippen LogP contribution >= 0.6 is 23.8 Å². The first kappa shape index (κ1) is 37.5. The minimum Gasteiger partial charge on any atom is -0.421 e. The molecule has 14 nitrogen and oxygen atoms in total. The number of anilines is 1. The summed E-state index contributed by atoms with van der Waals surface area (Å²) in [5, 5.41) is 3.06. The highest BCUT2D eigenvalue weighted by Crippen LogP contribution is 2.36. The number of phosphoric acid groups is 1. The van der Waals surface area contributed by atoms with Crippen LogP contribution in [0.25, 0.3) is 5.69 Å². The average molecular weight is 772 g/mol. The van der Waals surface area contributed by atoms with Crippen molar-refractivity contribution >= 4 is 47.6 Å². The van der Waals surface area contributed by atoms with Crippen molar-refractivity contribution in [1.29, 1.82) is 0 Å². The number of carbonyl (C=O) groups excluding carboxylic acids is 3. The number of alkyl halides is 3. The molecule has 4 rings (SSSR count). The summed E-state index contributed by atoms with van der Waals surface area (Å²) < 4.78 is 61.0. The fourth-order valence-corrected chi connectivity index (χ4v) is 5.50. The van der Waals surface area contributed by atoms with Gasteiger partial charge in [0.25, 0.3) is 17.4 Å². The number of hydrogen-bond acceptors (Lipinski definition) is 9. The van der Waals surface area contributed by atoms with Crippen LogP contribution in [-0.4, -0.2) is 73.0 Å². The van der Waals surface area contributed by atoms with Crippen molar-refractivity contribution in [3.8, 4) is 5.69 Å². The molecular formula is C30H30BrF3N5O9P. The zero-order chi connectivity index (χ0) is 36.4. The molecule has 1 aromatic heterocycles. The van der Waals surface area contributed by atoms with Crippen LogP contribution in [-0.2, 0) is 33.0 Å². The minimum absolute atomic E-state index is 0.00329. The maximum atomic E-state index is 14.0. The number of fused-ring (bicyclic) bond motifs is 1. The number of ether oxygens (including phenoxy) is 1. The van der Waals surface area contributed by atoms with Crippen molar-refractivity contribution in [1.82, 2.24) is 19.4 Å². The molecule has 2 heterocycles. The lowest BCUT2D eigenvalue weighted by Gasteiger charge is -2.35. The van der Waals surface area contributed by atoms with Crippen molar-refractivity contribution in [2.24, 2.45) is 0 Å². The molecule has 3 aromatic rings. The van der Waals surface area contributed by atoms with Crippen LogP contribution in [0.3, 0.4) is 0 Å². The van der Waals surface area contributed by atoms with E-state index < -0.39 is 61.9 Å². The summed E-state index contributed by atoms with van der Waals surface area (Å²) in [5.74, 6) is -1.44. The van der Waals surface area contributed by atoms with Crippen LogP contribution in [0.1, 0.15) is 51.4 Å². The van der Waals surface area contributed by atoms with E-state index in [9.17, 15) is 36.9 Å². The molecule has 1 aliphatic rings. The Kier molecular flexibility index (Phi) is 11.2. The van der Waals surface area contributed by atoms with Gasteiger partial charge in [0.15, 0.2) is 0 Å². The Morgan fingerprint density at radius 1 is 1.20 bits per heavy atom. The molecule has 0 spiro atoms. The van der Waals surface area contributed by atoms with Gasteiger partial charge >= 0.3 is 20.1 Å². The SMILES string of the molecule is C=C[C@H](C)Nc1nc2c(c(=O)n1-c1ccc(C(=O)N(C)C(=O)OCOP(=O)(O)O)cc1)C[C@@H](C)N(C(=O)c1ccc(Br)c(C(F)(F)F)c1)C2. The molecule has 0 fully saturated rings. The molecule has 0 bridgehead atoms. The second-order valence-corrected chi connectivity index (χ2v) is 13.0. The Bertz CT molecular complexity index is 1900. The number of nitrogens with zero attached hydrogens (tertiary/aromatic N) is 4. The molecule has 0 radical (unpaired) electrons. The maximum absolute atomic E-state index is 14.0. The molecule has 3 amide bonds. The number of nitrogens with one attached hydrogen (secondary N) is 1. The Morgan fingerprint density at radius 2 is 1.84 bits per heavy atom. The zero-order valence-electron chi connectivity index (χ0n) is 26.1. The van der Waals surface area contributed by atoms with E-state index >= 15 is 0 Å². The van der Waals surface area contributed by atoms with Gasteiger partial charge in [-0.1, -0.05) is 22.0 Å². The molecule has 262 valence electrons. The third kappa shape index (κ3) is 8.63. The smallest absolute Gasteiger partial charge is 0.421 e. The Hall–Kier alpha value is -4.35. The van der Waals surface area contributed by atoms with Crippen LogP contribution in [0.5, 0.6) is 0 Å². The number of benzene rings is 2. The first-order chi connectivity index (χ1) is 22.8. The molecule has 19 heteroatoms. The number of phosphoric ester groups is 1. The van der Waals surface area contributed by atoms with E-state index in [2.05, 4.69) is 42.1 Å². The lowest BCUT2D eigenvalue weighted by molar-refractivity contribution is -0.138. The topological polar surface area (TPSA) is 181 Å². The van der Waals surface area contributed by atoms with E-state index in [0.29, 0.717) is 4.90 Å². The Morgan fingerprint density at radius 3 is 2.43 bits per heavy atom. The highest BCUT2D eigenvalue weighted by atomic mass is 79.9. The third-order valence-corrected chi connectivity index (χ3v) is 8.59. The average Bonchev–Trinajstić information content (AvgIpc) is 3.03. The fraction of sp³-hybridized carbons (Fsp3) is 0.300. The van der Waals surface area contributed by atoms with Crippen LogP contribution in [0.2, 0.25) is 0 Å². The molecule has 2 aromatic carbocycles. The molecule has 49 heavy (non-hydrogen) atoms. The first-order valence-corrected chi connectivity index (χ1v) is 16.6. The van der Waals surface area contributed by atoms with Gasteiger partial charge in [-0.25, -0.2) is 28.3 Å². The predicted octanol–water partition coefficient (Wildman–Crippen LogP) is 4.86. The van der Waals surface area contributed by atoms with Gasteiger partial charge in [0.2, 0.25) is 12.7 Å². The summed E-state index contributed by atoms with van der Waals surface area (Å²) in [4.78, 5) is 76.4. The van der Waals surface area contributed by atoms with E-state index in [0.717, 1.165) is 19.2 Å². The lowest BCUT2D eigenvalue weighted by Crippen LogP contribution is -2.46. The van der Waals surface area contributed by atoms with Gasteiger partial charge in [-0.15, -0.1) is 6.58 Å². The molecular weight excluding hydrogens is 742 g/mol. The summed E-state index contributed by atoms with van der Waals surface area (Å²) >= 11 is 2.88. The van der Waals surface area contributed by atoms with E-state index in [1.807, 2.05) is 0 Å². The molecule has 0 unspecified atom stereocenters. The van der Waals surface area contributed by atoms with Crippen LogP contribution in [0.15, 0.2) is 64.4 Å². The van der Waals surface area contributed by atoms with E-state index in [4.69, 9.17) is 9.79 Å². The summed E-state index contributed by atoms with van der Waals surface area (Å²) in [5.41, 5.74) is -0.875. The maximum Gasteiger partial charge on any atom is 0.472 e. The standard InChI is InChI=1S/C30H30BrF3N5O9P/c1-5-16(2)35-28-36-24-14-38(26(41)19-8-11-23(31)22(13-19)30(32,33)34)17(3)12-21(24)27(42)39(28)20-9-6-18(7-10-20)25(40)37(4)29(43)47-15-48-49(44,45)46/h5-11,13,16-17H,1,12,14-15H2,2-4H3,(H,35,36)(H2,44,45,46)/t16-,17+/m0/s1. The molecule has 2 atom stereocenters. The lowest BCUT2D eigenvalue weighted by atomic mass is 9.98. The van der Waals surface area contributed by atoms with E-state index in [-0.39, 0.29) is 51.5 Å².